The predicted octanol–water partition coefficient (Wildman–Crippen LogP) is 2.22. The zero-order valence-electron chi connectivity index (χ0n) is 10.9. The normalized spacial score (nSPS) is 19.4. The lowest BCUT2D eigenvalue weighted by atomic mass is 10.1. The van der Waals surface area contributed by atoms with Crippen molar-refractivity contribution >= 4 is 17.2 Å². The molecule has 4 heteroatoms. The number of nitrogens with zero attached hydrogens (tertiary/aromatic N) is 1. The molecule has 1 N–H and O–H groups in total. The third kappa shape index (κ3) is 3.56. The Morgan fingerprint density at radius 3 is 3.00 bits per heavy atom. The molecule has 1 fully saturated rings. The lowest BCUT2D eigenvalue weighted by Gasteiger charge is -2.15. The summed E-state index contributed by atoms with van der Waals surface area (Å²) in [5, 5.41) is 9.06. The summed E-state index contributed by atoms with van der Waals surface area (Å²) >= 11 is 1.82. The van der Waals surface area contributed by atoms with Crippen molar-refractivity contribution in [3.05, 3.63) is 21.9 Å². The fourth-order valence-corrected chi connectivity index (χ4v) is 3.33. The Morgan fingerprint density at radius 2 is 2.39 bits per heavy atom. The summed E-state index contributed by atoms with van der Waals surface area (Å²) in [5.41, 5.74) is 0. The Bertz CT molecular complexity index is 402. The molecule has 0 aliphatic carbocycles. The van der Waals surface area contributed by atoms with Crippen LogP contribution in [-0.2, 0) is 11.2 Å². The highest BCUT2D eigenvalue weighted by atomic mass is 32.1. The molecular formula is C14H21NO2S. The minimum atomic E-state index is 0.207. The zero-order valence-corrected chi connectivity index (χ0v) is 11.7. The lowest BCUT2D eigenvalue weighted by Crippen LogP contribution is -2.28. The second-order valence-corrected chi connectivity index (χ2v) is 6.42. The molecule has 2 heterocycles. The minimum Gasteiger partial charge on any atom is -0.396 e. The number of amides is 1. The summed E-state index contributed by atoms with van der Waals surface area (Å²) < 4.78 is 0. The molecule has 1 aromatic rings. The van der Waals surface area contributed by atoms with Crippen LogP contribution in [0.15, 0.2) is 12.1 Å². The van der Waals surface area contributed by atoms with Gasteiger partial charge in [-0.05, 0) is 38.3 Å². The molecule has 0 bridgehead atoms. The molecule has 1 saturated heterocycles. The van der Waals surface area contributed by atoms with Crippen molar-refractivity contribution in [2.45, 2.75) is 32.6 Å². The van der Waals surface area contributed by atoms with Gasteiger partial charge in [-0.15, -0.1) is 11.3 Å². The topological polar surface area (TPSA) is 40.5 Å². The van der Waals surface area contributed by atoms with Crippen LogP contribution in [0.25, 0.3) is 0 Å². The van der Waals surface area contributed by atoms with Crippen molar-refractivity contribution in [3.63, 3.8) is 0 Å². The van der Waals surface area contributed by atoms with E-state index in [0.29, 0.717) is 12.3 Å². The molecular weight excluding hydrogens is 246 g/mol. The summed E-state index contributed by atoms with van der Waals surface area (Å²) in [4.78, 5) is 16.6. The summed E-state index contributed by atoms with van der Waals surface area (Å²) in [6.07, 6.45) is 3.52. The van der Waals surface area contributed by atoms with E-state index in [2.05, 4.69) is 19.1 Å². The fraction of sp³-hybridized carbons (Fsp3) is 0.643. The average molecular weight is 267 g/mol. The molecule has 0 spiro atoms. The summed E-state index contributed by atoms with van der Waals surface area (Å²) in [6, 6.07) is 4.29. The van der Waals surface area contributed by atoms with Crippen LogP contribution in [0.1, 0.15) is 29.0 Å². The molecule has 1 aromatic heterocycles. The number of aliphatic hydroxyl groups is 1. The molecule has 1 aliphatic rings. The highest BCUT2D eigenvalue weighted by molar-refractivity contribution is 7.11. The first-order valence-corrected chi connectivity index (χ1v) is 7.44. The second kappa shape index (κ2) is 6.34. The number of carbonyl (C=O) groups is 1. The van der Waals surface area contributed by atoms with Gasteiger partial charge in [0, 0.05) is 41.8 Å². The first-order chi connectivity index (χ1) is 8.69. The Hall–Kier alpha value is -0.870. The van der Waals surface area contributed by atoms with E-state index in [-0.39, 0.29) is 12.5 Å². The van der Waals surface area contributed by atoms with Gasteiger partial charge in [-0.2, -0.15) is 0 Å². The standard InChI is InChI=1S/C14H21NO2S/c1-11-5-6-13(18-11)3-2-4-14(17)15-8-7-12(9-15)10-16/h5-6,12,16H,2-4,7-10H2,1H3. The number of aliphatic hydroxyl groups excluding tert-OH is 1. The van der Waals surface area contributed by atoms with Crippen molar-refractivity contribution in [2.24, 2.45) is 5.92 Å². The molecule has 0 radical (unpaired) electrons. The molecule has 100 valence electrons. The van der Waals surface area contributed by atoms with Crippen LogP contribution in [0, 0.1) is 12.8 Å². The number of likely N-dealkylation sites (tertiary alicyclic amines) is 1. The number of aryl methyl sites for hydroxylation is 2. The van der Waals surface area contributed by atoms with Gasteiger partial charge in [-0.3, -0.25) is 4.79 Å². The molecule has 0 aromatic carbocycles. The van der Waals surface area contributed by atoms with Gasteiger partial charge in [-0.25, -0.2) is 0 Å². The summed E-state index contributed by atoms with van der Waals surface area (Å²) in [6.45, 7) is 3.88. The van der Waals surface area contributed by atoms with Gasteiger partial charge in [0.1, 0.15) is 0 Å². The summed E-state index contributed by atoms with van der Waals surface area (Å²) in [7, 11) is 0. The van der Waals surface area contributed by atoms with E-state index >= 15 is 0 Å². The second-order valence-electron chi connectivity index (χ2n) is 5.04. The quantitative estimate of drug-likeness (QED) is 0.888. The lowest BCUT2D eigenvalue weighted by molar-refractivity contribution is -0.130. The number of hydrogen-bond acceptors (Lipinski definition) is 3. The first-order valence-electron chi connectivity index (χ1n) is 6.63. The molecule has 1 unspecified atom stereocenters. The first kappa shape index (κ1) is 13.6. The Morgan fingerprint density at radius 1 is 1.56 bits per heavy atom. The van der Waals surface area contributed by atoms with Crippen LogP contribution < -0.4 is 0 Å². The Kier molecular flexibility index (Phi) is 4.78. The van der Waals surface area contributed by atoms with Crippen LogP contribution in [0.4, 0.5) is 0 Å². The number of rotatable bonds is 5. The van der Waals surface area contributed by atoms with Gasteiger partial charge in [0.15, 0.2) is 0 Å². The number of thiophene rings is 1. The van der Waals surface area contributed by atoms with Crippen molar-refractivity contribution in [1.29, 1.82) is 0 Å². The Labute approximate surface area is 112 Å². The molecule has 18 heavy (non-hydrogen) atoms. The smallest absolute Gasteiger partial charge is 0.222 e. The van der Waals surface area contributed by atoms with Crippen molar-refractivity contribution in [1.82, 2.24) is 4.90 Å². The predicted molar refractivity (Wildman–Crippen MR) is 73.8 cm³/mol. The van der Waals surface area contributed by atoms with Crippen molar-refractivity contribution in [3.8, 4) is 0 Å². The Balaban J connectivity index is 1.69. The third-order valence-corrected chi connectivity index (χ3v) is 4.57. The van der Waals surface area contributed by atoms with Crippen LogP contribution >= 0.6 is 11.3 Å². The monoisotopic (exact) mass is 267 g/mol. The van der Waals surface area contributed by atoms with E-state index in [1.807, 2.05) is 16.2 Å². The van der Waals surface area contributed by atoms with Crippen LogP contribution in [0.5, 0.6) is 0 Å². The van der Waals surface area contributed by atoms with Gasteiger partial charge < -0.3 is 10.0 Å². The molecule has 2 rings (SSSR count). The van der Waals surface area contributed by atoms with Crippen molar-refractivity contribution < 1.29 is 9.90 Å². The van der Waals surface area contributed by atoms with Gasteiger partial charge in [0.25, 0.3) is 0 Å². The van der Waals surface area contributed by atoms with Crippen molar-refractivity contribution in [2.75, 3.05) is 19.7 Å². The van der Waals surface area contributed by atoms with Crippen LogP contribution in [0.3, 0.4) is 0 Å². The summed E-state index contributed by atoms with van der Waals surface area (Å²) in [5.74, 6) is 0.549. The van der Waals surface area contributed by atoms with E-state index in [1.165, 1.54) is 9.75 Å². The third-order valence-electron chi connectivity index (χ3n) is 3.51. The zero-order chi connectivity index (χ0) is 13.0. The highest BCUT2D eigenvalue weighted by Gasteiger charge is 2.24. The molecule has 1 aliphatic heterocycles. The largest absolute Gasteiger partial charge is 0.396 e. The maximum absolute atomic E-state index is 11.9. The fourth-order valence-electron chi connectivity index (χ4n) is 2.40. The van der Waals surface area contributed by atoms with Crippen LogP contribution in [0.2, 0.25) is 0 Å². The van der Waals surface area contributed by atoms with Gasteiger partial charge in [0.05, 0.1) is 0 Å². The van der Waals surface area contributed by atoms with E-state index in [0.717, 1.165) is 32.4 Å². The van der Waals surface area contributed by atoms with E-state index in [1.54, 1.807) is 0 Å². The SMILES string of the molecule is Cc1ccc(CCCC(=O)N2CCC(CO)C2)s1. The van der Waals surface area contributed by atoms with E-state index < -0.39 is 0 Å². The van der Waals surface area contributed by atoms with Gasteiger partial charge >= 0.3 is 0 Å². The number of hydrogen-bond donors (Lipinski definition) is 1. The highest BCUT2D eigenvalue weighted by Crippen LogP contribution is 2.19. The number of carbonyl (C=O) groups excluding carboxylic acids is 1. The van der Waals surface area contributed by atoms with Crippen LogP contribution in [-0.4, -0.2) is 35.6 Å². The molecule has 0 saturated carbocycles. The van der Waals surface area contributed by atoms with E-state index in [9.17, 15) is 4.79 Å². The average Bonchev–Trinajstić information content (AvgIpc) is 2.98. The maximum atomic E-state index is 11.9. The molecule has 1 amide bonds. The minimum absolute atomic E-state index is 0.207. The maximum Gasteiger partial charge on any atom is 0.222 e. The molecule has 3 nitrogen and oxygen atoms in total. The van der Waals surface area contributed by atoms with Gasteiger partial charge in [-0.1, -0.05) is 0 Å². The molecule has 1 atom stereocenters. The van der Waals surface area contributed by atoms with Gasteiger partial charge in [0.2, 0.25) is 5.91 Å². The van der Waals surface area contributed by atoms with E-state index in [4.69, 9.17) is 5.11 Å².